The lowest BCUT2D eigenvalue weighted by molar-refractivity contribution is -0.121. The quantitative estimate of drug-likeness (QED) is 0.528. The summed E-state index contributed by atoms with van der Waals surface area (Å²) in [5, 5.41) is 3.59. The molecule has 1 aromatic heterocycles. The zero-order chi connectivity index (χ0) is 20.5. The van der Waals surface area contributed by atoms with Crippen LogP contribution in [0.4, 0.5) is 0 Å². The summed E-state index contributed by atoms with van der Waals surface area (Å²) in [7, 11) is 0. The summed E-state index contributed by atoms with van der Waals surface area (Å²) in [6.45, 7) is 2.89. The number of pyridine rings is 1. The summed E-state index contributed by atoms with van der Waals surface area (Å²) < 4.78 is 11.4. The van der Waals surface area contributed by atoms with Crippen LogP contribution < -0.4 is 14.8 Å². The van der Waals surface area contributed by atoms with Crippen molar-refractivity contribution in [3.05, 3.63) is 83.0 Å². The number of ether oxygens (including phenoxy) is 2. The summed E-state index contributed by atoms with van der Waals surface area (Å²) in [5.74, 6) is 1.72. The van der Waals surface area contributed by atoms with Crippen molar-refractivity contribution < 1.29 is 14.3 Å². The van der Waals surface area contributed by atoms with Gasteiger partial charge >= 0.3 is 0 Å². The van der Waals surface area contributed by atoms with Gasteiger partial charge in [0.1, 0.15) is 0 Å². The van der Waals surface area contributed by atoms with Gasteiger partial charge in [0, 0.05) is 30.3 Å². The number of amides is 1. The molecule has 0 unspecified atom stereocenters. The normalized spacial score (nSPS) is 10.4. The number of carbonyl (C=O) groups excluding carboxylic acids is 1. The summed E-state index contributed by atoms with van der Waals surface area (Å²) >= 11 is 6.12. The SMILES string of the molecule is CCOc1ccccc1Oc1ccc(CNC(=O)CCc2ccccc2Cl)cn1. The average molecular weight is 411 g/mol. The van der Waals surface area contributed by atoms with E-state index in [0.29, 0.717) is 48.4 Å². The topological polar surface area (TPSA) is 60.5 Å². The molecule has 0 radical (unpaired) electrons. The van der Waals surface area contributed by atoms with E-state index in [2.05, 4.69) is 10.3 Å². The van der Waals surface area contributed by atoms with Crippen molar-refractivity contribution >= 4 is 17.5 Å². The van der Waals surface area contributed by atoms with E-state index in [1.807, 2.05) is 61.5 Å². The minimum atomic E-state index is -0.0316. The lowest BCUT2D eigenvalue weighted by atomic mass is 10.1. The second kappa shape index (κ2) is 10.5. The molecule has 0 aliphatic carbocycles. The Morgan fingerprint density at radius 2 is 1.79 bits per heavy atom. The summed E-state index contributed by atoms with van der Waals surface area (Å²) in [5.41, 5.74) is 1.86. The molecular formula is C23H23ClN2O3. The number of rotatable bonds is 9. The van der Waals surface area contributed by atoms with Crippen molar-refractivity contribution in [2.45, 2.75) is 26.3 Å². The molecule has 3 aromatic rings. The van der Waals surface area contributed by atoms with E-state index in [1.54, 1.807) is 12.3 Å². The standard InChI is InChI=1S/C23H23ClN2O3/c1-2-28-20-9-5-6-10-21(20)29-23-14-11-17(16-26-23)15-25-22(27)13-12-18-7-3-4-8-19(18)24/h3-11,14,16H,2,12-13,15H2,1H3,(H,25,27). The Hall–Kier alpha value is -3.05. The van der Waals surface area contributed by atoms with Crippen LogP contribution in [0.5, 0.6) is 17.4 Å². The fourth-order valence-corrected chi connectivity index (χ4v) is 2.97. The van der Waals surface area contributed by atoms with E-state index in [9.17, 15) is 4.79 Å². The van der Waals surface area contributed by atoms with Gasteiger partial charge in [-0.3, -0.25) is 4.79 Å². The van der Waals surface area contributed by atoms with Crippen molar-refractivity contribution in [3.63, 3.8) is 0 Å². The molecule has 3 rings (SSSR count). The van der Waals surface area contributed by atoms with Gasteiger partial charge in [0.25, 0.3) is 0 Å². The maximum atomic E-state index is 12.1. The summed E-state index contributed by atoms with van der Waals surface area (Å²) in [6, 6.07) is 18.7. The van der Waals surface area contributed by atoms with Crippen LogP contribution in [0.1, 0.15) is 24.5 Å². The predicted octanol–water partition coefficient (Wildman–Crippen LogP) is 5.18. The Balaban J connectivity index is 1.49. The van der Waals surface area contributed by atoms with Crippen molar-refractivity contribution in [1.29, 1.82) is 0 Å². The first-order valence-electron chi connectivity index (χ1n) is 9.50. The molecule has 1 amide bonds. The lowest BCUT2D eigenvalue weighted by Crippen LogP contribution is -2.23. The van der Waals surface area contributed by atoms with Crippen LogP contribution >= 0.6 is 11.6 Å². The van der Waals surface area contributed by atoms with Crippen LogP contribution in [0.15, 0.2) is 66.9 Å². The molecule has 1 N–H and O–H groups in total. The minimum absolute atomic E-state index is 0.0316. The highest BCUT2D eigenvalue weighted by Gasteiger charge is 2.07. The number of benzene rings is 2. The number of hydrogen-bond acceptors (Lipinski definition) is 4. The number of carbonyl (C=O) groups is 1. The maximum Gasteiger partial charge on any atom is 0.220 e. The maximum absolute atomic E-state index is 12.1. The molecule has 0 spiro atoms. The number of halogens is 1. The van der Waals surface area contributed by atoms with Crippen LogP contribution in [0, 0.1) is 0 Å². The Morgan fingerprint density at radius 1 is 1.03 bits per heavy atom. The van der Waals surface area contributed by atoms with Crippen LogP contribution in [0.25, 0.3) is 0 Å². The number of nitrogens with zero attached hydrogens (tertiary/aromatic N) is 1. The first-order valence-corrected chi connectivity index (χ1v) is 9.88. The third kappa shape index (κ3) is 6.22. The van der Waals surface area contributed by atoms with E-state index in [4.69, 9.17) is 21.1 Å². The number of para-hydroxylation sites is 2. The molecular weight excluding hydrogens is 388 g/mol. The van der Waals surface area contributed by atoms with Gasteiger partial charge in [-0.25, -0.2) is 4.98 Å². The van der Waals surface area contributed by atoms with Crippen LogP contribution in [-0.2, 0) is 17.8 Å². The van der Waals surface area contributed by atoms with E-state index in [0.717, 1.165) is 11.1 Å². The first kappa shape index (κ1) is 20.7. The summed E-state index contributed by atoms with van der Waals surface area (Å²) in [6.07, 6.45) is 2.68. The Bertz CT molecular complexity index is 945. The predicted molar refractivity (Wildman–Crippen MR) is 114 cm³/mol. The van der Waals surface area contributed by atoms with E-state index in [-0.39, 0.29) is 5.91 Å². The molecule has 0 bridgehead atoms. The Kier molecular flexibility index (Phi) is 7.47. The lowest BCUT2D eigenvalue weighted by Gasteiger charge is -2.11. The molecule has 0 atom stereocenters. The number of aromatic nitrogens is 1. The largest absolute Gasteiger partial charge is 0.490 e. The minimum Gasteiger partial charge on any atom is -0.490 e. The van der Waals surface area contributed by atoms with Crippen LogP contribution in [-0.4, -0.2) is 17.5 Å². The molecule has 0 saturated heterocycles. The van der Waals surface area contributed by atoms with Crippen molar-refractivity contribution in [1.82, 2.24) is 10.3 Å². The van der Waals surface area contributed by atoms with E-state index >= 15 is 0 Å². The molecule has 0 aliphatic rings. The van der Waals surface area contributed by atoms with Gasteiger partial charge in [0.05, 0.1) is 6.61 Å². The average Bonchev–Trinajstić information content (AvgIpc) is 2.74. The van der Waals surface area contributed by atoms with E-state index < -0.39 is 0 Å². The number of nitrogens with one attached hydrogen (secondary N) is 1. The molecule has 2 aromatic carbocycles. The second-order valence-corrected chi connectivity index (χ2v) is 6.76. The molecule has 0 aliphatic heterocycles. The third-order valence-corrected chi connectivity index (χ3v) is 4.60. The van der Waals surface area contributed by atoms with Gasteiger partial charge in [-0.1, -0.05) is 48.0 Å². The number of aryl methyl sites for hydroxylation is 1. The molecule has 0 saturated carbocycles. The van der Waals surface area contributed by atoms with Gasteiger partial charge in [-0.15, -0.1) is 0 Å². The smallest absolute Gasteiger partial charge is 0.220 e. The summed E-state index contributed by atoms with van der Waals surface area (Å²) in [4.78, 5) is 16.4. The monoisotopic (exact) mass is 410 g/mol. The van der Waals surface area contributed by atoms with Crippen LogP contribution in [0.2, 0.25) is 5.02 Å². The van der Waals surface area contributed by atoms with Gasteiger partial charge in [0.2, 0.25) is 11.8 Å². The van der Waals surface area contributed by atoms with Crippen LogP contribution in [0.3, 0.4) is 0 Å². The van der Waals surface area contributed by atoms with Crippen molar-refractivity contribution in [3.8, 4) is 17.4 Å². The van der Waals surface area contributed by atoms with Crippen molar-refractivity contribution in [2.75, 3.05) is 6.61 Å². The highest BCUT2D eigenvalue weighted by Crippen LogP contribution is 2.30. The Labute approximate surface area is 175 Å². The molecule has 150 valence electrons. The van der Waals surface area contributed by atoms with Gasteiger partial charge in [0.15, 0.2) is 11.5 Å². The molecule has 5 nitrogen and oxygen atoms in total. The molecule has 1 heterocycles. The Morgan fingerprint density at radius 3 is 2.52 bits per heavy atom. The second-order valence-electron chi connectivity index (χ2n) is 6.35. The van der Waals surface area contributed by atoms with E-state index in [1.165, 1.54) is 0 Å². The highest BCUT2D eigenvalue weighted by atomic mass is 35.5. The van der Waals surface area contributed by atoms with Gasteiger partial charge in [-0.2, -0.15) is 0 Å². The van der Waals surface area contributed by atoms with Gasteiger partial charge in [-0.05, 0) is 42.7 Å². The zero-order valence-corrected chi connectivity index (χ0v) is 17.0. The molecule has 29 heavy (non-hydrogen) atoms. The van der Waals surface area contributed by atoms with Gasteiger partial charge < -0.3 is 14.8 Å². The third-order valence-electron chi connectivity index (χ3n) is 4.23. The highest BCUT2D eigenvalue weighted by molar-refractivity contribution is 6.31. The van der Waals surface area contributed by atoms with Crippen molar-refractivity contribution in [2.24, 2.45) is 0 Å². The first-order chi connectivity index (χ1) is 14.2. The fraction of sp³-hybridized carbons (Fsp3) is 0.217. The molecule has 6 heteroatoms. The fourth-order valence-electron chi connectivity index (χ4n) is 2.74. The zero-order valence-electron chi connectivity index (χ0n) is 16.2. The molecule has 0 fully saturated rings. The number of hydrogen-bond donors (Lipinski definition) is 1.